The molecule has 136 valence electrons. The SMILES string of the molecule is CS(=O)(=O)c1ccc2nc(NC(=O)c3ccc(-c4ccccc4)s3)sc2c1. The highest BCUT2D eigenvalue weighted by molar-refractivity contribution is 7.90. The molecular formula is C19H14N2O3S3. The van der Waals surface area contributed by atoms with Crippen LogP contribution in [0.4, 0.5) is 5.13 Å². The molecule has 0 radical (unpaired) electrons. The third-order valence-electron chi connectivity index (χ3n) is 3.90. The van der Waals surface area contributed by atoms with Gasteiger partial charge in [-0.15, -0.1) is 11.3 Å². The number of rotatable bonds is 4. The van der Waals surface area contributed by atoms with Crippen molar-refractivity contribution in [1.29, 1.82) is 0 Å². The Morgan fingerprint density at radius 1 is 1.00 bits per heavy atom. The molecule has 5 nitrogen and oxygen atoms in total. The van der Waals surface area contributed by atoms with Gasteiger partial charge >= 0.3 is 0 Å². The van der Waals surface area contributed by atoms with Crippen molar-refractivity contribution in [3.05, 3.63) is 65.5 Å². The maximum atomic E-state index is 12.5. The van der Waals surface area contributed by atoms with Crippen LogP contribution in [-0.4, -0.2) is 25.6 Å². The molecule has 0 saturated heterocycles. The molecule has 8 heteroatoms. The normalized spacial score (nSPS) is 11.6. The molecular weight excluding hydrogens is 400 g/mol. The number of benzene rings is 2. The molecule has 2 aromatic carbocycles. The van der Waals surface area contributed by atoms with E-state index in [4.69, 9.17) is 0 Å². The van der Waals surface area contributed by atoms with Gasteiger partial charge in [0.05, 0.1) is 20.0 Å². The number of nitrogens with zero attached hydrogens (tertiary/aromatic N) is 1. The quantitative estimate of drug-likeness (QED) is 0.526. The van der Waals surface area contributed by atoms with E-state index in [1.807, 2.05) is 36.4 Å². The number of anilines is 1. The number of hydrogen-bond donors (Lipinski definition) is 1. The van der Waals surface area contributed by atoms with Crippen LogP contribution in [0.1, 0.15) is 9.67 Å². The summed E-state index contributed by atoms with van der Waals surface area (Å²) in [6.45, 7) is 0. The van der Waals surface area contributed by atoms with E-state index < -0.39 is 9.84 Å². The van der Waals surface area contributed by atoms with Crippen molar-refractivity contribution in [2.24, 2.45) is 0 Å². The number of carbonyl (C=O) groups is 1. The number of nitrogens with one attached hydrogen (secondary N) is 1. The van der Waals surface area contributed by atoms with Crippen LogP contribution < -0.4 is 5.32 Å². The molecule has 4 aromatic rings. The summed E-state index contributed by atoms with van der Waals surface area (Å²) in [6, 6.07) is 18.3. The van der Waals surface area contributed by atoms with Crippen LogP contribution in [0, 0.1) is 0 Å². The predicted molar refractivity (Wildman–Crippen MR) is 110 cm³/mol. The summed E-state index contributed by atoms with van der Waals surface area (Å²) in [6.07, 6.45) is 1.17. The number of fused-ring (bicyclic) bond motifs is 1. The van der Waals surface area contributed by atoms with Crippen LogP contribution in [0.25, 0.3) is 20.7 Å². The molecule has 2 aromatic heterocycles. The second kappa shape index (κ2) is 6.88. The van der Waals surface area contributed by atoms with Crippen LogP contribution in [0.3, 0.4) is 0 Å². The Balaban J connectivity index is 1.57. The summed E-state index contributed by atoms with van der Waals surface area (Å²) in [5.74, 6) is -0.232. The fourth-order valence-electron chi connectivity index (χ4n) is 2.57. The average Bonchev–Trinajstić information content (AvgIpc) is 3.27. The highest BCUT2D eigenvalue weighted by Gasteiger charge is 2.14. The standard InChI is InChI=1S/C19H14N2O3S3/c1-27(23,24)13-7-8-14-17(11-13)26-19(20-14)21-18(22)16-10-9-15(25-16)12-5-3-2-4-6-12/h2-11H,1H3,(H,20,21,22). The average molecular weight is 415 g/mol. The third-order valence-corrected chi connectivity index (χ3v) is 7.07. The monoisotopic (exact) mass is 414 g/mol. The van der Waals surface area contributed by atoms with Gasteiger partial charge in [-0.3, -0.25) is 10.1 Å². The number of thiazole rings is 1. The Labute approximate surface area is 164 Å². The molecule has 4 rings (SSSR count). The molecule has 0 bridgehead atoms. The number of aromatic nitrogens is 1. The minimum absolute atomic E-state index is 0.232. The lowest BCUT2D eigenvalue weighted by molar-refractivity contribution is 0.103. The van der Waals surface area contributed by atoms with Gasteiger partial charge in [-0.2, -0.15) is 0 Å². The number of hydrogen-bond acceptors (Lipinski definition) is 6. The van der Waals surface area contributed by atoms with E-state index >= 15 is 0 Å². The van der Waals surface area contributed by atoms with Crippen LogP contribution in [0.15, 0.2) is 65.6 Å². The molecule has 0 saturated carbocycles. The third kappa shape index (κ3) is 3.78. The van der Waals surface area contributed by atoms with Gasteiger partial charge in [-0.05, 0) is 35.9 Å². The molecule has 0 fully saturated rings. The molecule has 0 unspecified atom stereocenters. The van der Waals surface area contributed by atoms with E-state index in [-0.39, 0.29) is 10.8 Å². The zero-order valence-electron chi connectivity index (χ0n) is 14.2. The van der Waals surface area contributed by atoms with Crippen molar-refractivity contribution >= 4 is 53.8 Å². The molecule has 0 aliphatic carbocycles. The molecule has 0 aliphatic heterocycles. The van der Waals surface area contributed by atoms with Crippen molar-refractivity contribution < 1.29 is 13.2 Å². The van der Waals surface area contributed by atoms with Gasteiger partial charge in [0.25, 0.3) is 5.91 Å². The lowest BCUT2D eigenvalue weighted by Crippen LogP contribution is -2.09. The smallest absolute Gasteiger partial charge is 0.267 e. The first kappa shape index (κ1) is 17.8. The number of sulfone groups is 1. The minimum atomic E-state index is -3.28. The van der Waals surface area contributed by atoms with E-state index in [0.717, 1.165) is 10.4 Å². The second-order valence-corrected chi connectivity index (χ2v) is 10.0. The Morgan fingerprint density at radius 3 is 2.52 bits per heavy atom. The van der Waals surface area contributed by atoms with E-state index in [2.05, 4.69) is 10.3 Å². The second-order valence-electron chi connectivity index (χ2n) is 5.90. The zero-order valence-corrected chi connectivity index (χ0v) is 16.6. The zero-order chi connectivity index (χ0) is 19.0. The first-order valence-electron chi connectivity index (χ1n) is 7.97. The fraction of sp³-hybridized carbons (Fsp3) is 0.0526. The first-order chi connectivity index (χ1) is 12.9. The topological polar surface area (TPSA) is 76.1 Å². The van der Waals surface area contributed by atoms with Gasteiger partial charge in [-0.1, -0.05) is 41.7 Å². The Hall–Kier alpha value is -2.55. The summed E-state index contributed by atoms with van der Waals surface area (Å²) in [4.78, 5) is 18.7. The molecule has 0 atom stereocenters. The van der Waals surface area contributed by atoms with E-state index in [0.29, 0.717) is 20.2 Å². The van der Waals surface area contributed by atoms with Crippen LogP contribution in [-0.2, 0) is 9.84 Å². The molecule has 1 amide bonds. The van der Waals surface area contributed by atoms with E-state index in [1.165, 1.54) is 35.0 Å². The van der Waals surface area contributed by atoms with E-state index in [9.17, 15) is 13.2 Å². The first-order valence-corrected chi connectivity index (χ1v) is 11.5. The summed E-state index contributed by atoms with van der Waals surface area (Å²) in [5.41, 5.74) is 1.72. The summed E-state index contributed by atoms with van der Waals surface area (Å²) in [5, 5.41) is 3.24. The fourth-order valence-corrected chi connectivity index (χ4v) is 5.09. The highest BCUT2D eigenvalue weighted by Crippen LogP contribution is 2.31. The van der Waals surface area contributed by atoms with Crippen molar-refractivity contribution in [2.75, 3.05) is 11.6 Å². The van der Waals surface area contributed by atoms with Crippen LogP contribution in [0.5, 0.6) is 0 Å². The van der Waals surface area contributed by atoms with Crippen molar-refractivity contribution in [2.45, 2.75) is 4.90 Å². The van der Waals surface area contributed by atoms with Gasteiger partial charge in [0, 0.05) is 11.1 Å². The Morgan fingerprint density at radius 2 is 1.78 bits per heavy atom. The maximum absolute atomic E-state index is 12.5. The lowest BCUT2D eigenvalue weighted by Gasteiger charge is -1.98. The number of thiophene rings is 1. The molecule has 2 heterocycles. The maximum Gasteiger partial charge on any atom is 0.267 e. The van der Waals surface area contributed by atoms with Crippen molar-refractivity contribution in [3.63, 3.8) is 0 Å². The van der Waals surface area contributed by atoms with Gasteiger partial charge < -0.3 is 0 Å². The van der Waals surface area contributed by atoms with E-state index in [1.54, 1.807) is 18.2 Å². The number of carbonyl (C=O) groups excluding carboxylic acids is 1. The van der Waals surface area contributed by atoms with Gasteiger partial charge in [0.15, 0.2) is 15.0 Å². The molecule has 1 N–H and O–H groups in total. The van der Waals surface area contributed by atoms with Crippen molar-refractivity contribution in [1.82, 2.24) is 4.98 Å². The minimum Gasteiger partial charge on any atom is -0.297 e. The van der Waals surface area contributed by atoms with Gasteiger partial charge in [-0.25, -0.2) is 13.4 Å². The highest BCUT2D eigenvalue weighted by atomic mass is 32.2. The Bertz CT molecular complexity index is 1240. The largest absolute Gasteiger partial charge is 0.297 e. The molecule has 27 heavy (non-hydrogen) atoms. The summed E-state index contributed by atoms with van der Waals surface area (Å²) in [7, 11) is -3.28. The van der Waals surface area contributed by atoms with Crippen LogP contribution >= 0.6 is 22.7 Å². The van der Waals surface area contributed by atoms with Gasteiger partial charge in [0.2, 0.25) is 0 Å². The lowest BCUT2D eigenvalue weighted by atomic mass is 10.2. The van der Waals surface area contributed by atoms with Crippen molar-refractivity contribution in [3.8, 4) is 10.4 Å². The summed E-state index contributed by atoms with van der Waals surface area (Å²) >= 11 is 2.66. The number of amides is 1. The Kier molecular flexibility index (Phi) is 4.55. The van der Waals surface area contributed by atoms with Gasteiger partial charge in [0.1, 0.15) is 0 Å². The predicted octanol–water partition coefficient (Wildman–Crippen LogP) is 4.68. The molecule has 0 aliphatic rings. The summed E-state index contributed by atoms with van der Waals surface area (Å²) < 4.78 is 24.1. The molecule has 0 spiro atoms. The van der Waals surface area contributed by atoms with Crippen LogP contribution in [0.2, 0.25) is 0 Å².